The number of carbonyl (C=O) groups is 1. The van der Waals surface area contributed by atoms with Crippen molar-refractivity contribution < 1.29 is 22.7 Å². The summed E-state index contributed by atoms with van der Waals surface area (Å²) >= 11 is 0. The predicted molar refractivity (Wildman–Crippen MR) is 131 cm³/mol. The third-order valence-electron chi connectivity index (χ3n) is 5.59. The van der Waals surface area contributed by atoms with E-state index >= 15 is 0 Å². The lowest BCUT2D eigenvalue weighted by atomic mass is 10.2. The van der Waals surface area contributed by atoms with Gasteiger partial charge < -0.3 is 19.3 Å². The minimum Gasteiger partial charge on any atom is -0.497 e. The Morgan fingerprint density at radius 1 is 0.853 bits per heavy atom. The maximum Gasteiger partial charge on any atom is 0.261 e. The maximum atomic E-state index is 12.6. The van der Waals surface area contributed by atoms with Gasteiger partial charge in [-0.1, -0.05) is 18.2 Å². The van der Waals surface area contributed by atoms with Gasteiger partial charge in [0.1, 0.15) is 11.5 Å². The van der Waals surface area contributed by atoms with Crippen molar-refractivity contribution in [3.63, 3.8) is 0 Å². The van der Waals surface area contributed by atoms with Gasteiger partial charge in [0.25, 0.3) is 15.9 Å². The molecule has 1 amide bonds. The molecule has 0 aliphatic carbocycles. The van der Waals surface area contributed by atoms with Crippen molar-refractivity contribution in [2.45, 2.75) is 4.90 Å². The summed E-state index contributed by atoms with van der Waals surface area (Å²) in [5, 5.41) is 0. The zero-order chi connectivity index (χ0) is 24.0. The Morgan fingerprint density at radius 2 is 1.47 bits per heavy atom. The molecule has 1 aliphatic rings. The summed E-state index contributed by atoms with van der Waals surface area (Å²) in [5.74, 6) is 0.974. The third kappa shape index (κ3) is 5.79. The molecule has 8 nitrogen and oxygen atoms in total. The molecule has 3 aromatic carbocycles. The van der Waals surface area contributed by atoms with E-state index in [0.29, 0.717) is 30.3 Å². The van der Waals surface area contributed by atoms with Crippen LogP contribution in [-0.4, -0.2) is 59.1 Å². The van der Waals surface area contributed by atoms with Crippen molar-refractivity contribution in [3.8, 4) is 11.5 Å². The summed E-state index contributed by atoms with van der Waals surface area (Å²) in [6, 6.07) is 22.7. The number of hydrogen-bond donors (Lipinski definition) is 1. The van der Waals surface area contributed by atoms with Gasteiger partial charge in [-0.15, -0.1) is 0 Å². The van der Waals surface area contributed by atoms with E-state index in [4.69, 9.17) is 9.47 Å². The van der Waals surface area contributed by atoms with E-state index in [9.17, 15) is 13.2 Å². The molecule has 1 fully saturated rings. The summed E-state index contributed by atoms with van der Waals surface area (Å²) in [7, 11) is -2.21. The fourth-order valence-corrected chi connectivity index (χ4v) is 4.74. The number of ether oxygens (including phenoxy) is 2. The molecule has 178 valence electrons. The number of carbonyl (C=O) groups excluding carboxylic acids is 1. The summed E-state index contributed by atoms with van der Waals surface area (Å²) in [6.07, 6.45) is 0. The van der Waals surface area contributed by atoms with E-state index < -0.39 is 10.0 Å². The first-order chi connectivity index (χ1) is 16.4. The first-order valence-corrected chi connectivity index (χ1v) is 12.4. The standard InChI is InChI=1S/C25H27N3O5S/c1-32-22-9-7-20(8-10-22)26-34(30,31)24-13-11-23(12-14-24)33-19-25(29)28-17-15-27(16-18-28)21-5-3-2-4-6-21/h2-14,26H,15-19H2,1H3. The highest BCUT2D eigenvalue weighted by Gasteiger charge is 2.21. The second-order valence-electron chi connectivity index (χ2n) is 7.80. The van der Waals surface area contributed by atoms with E-state index in [2.05, 4.69) is 21.8 Å². The van der Waals surface area contributed by atoms with Crippen LogP contribution in [0.3, 0.4) is 0 Å². The highest BCUT2D eigenvalue weighted by molar-refractivity contribution is 7.92. The molecule has 9 heteroatoms. The van der Waals surface area contributed by atoms with Crippen LogP contribution in [0.25, 0.3) is 0 Å². The van der Waals surface area contributed by atoms with Gasteiger partial charge in [0.2, 0.25) is 0 Å². The Morgan fingerprint density at radius 3 is 2.09 bits per heavy atom. The van der Waals surface area contributed by atoms with Crippen LogP contribution < -0.4 is 19.1 Å². The number of anilines is 2. The average molecular weight is 482 g/mol. The molecule has 1 N–H and O–H groups in total. The van der Waals surface area contributed by atoms with Gasteiger partial charge in [0, 0.05) is 37.6 Å². The number of amides is 1. The van der Waals surface area contributed by atoms with Crippen LogP contribution in [0.15, 0.2) is 83.8 Å². The maximum absolute atomic E-state index is 12.6. The van der Waals surface area contributed by atoms with Crippen molar-refractivity contribution in [2.75, 3.05) is 49.5 Å². The van der Waals surface area contributed by atoms with Gasteiger partial charge in [-0.3, -0.25) is 9.52 Å². The molecule has 0 spiro atoms. The summed E-state index contributed by atoms with van der Waals surface area (Å²) in [6.45, 7) is 2.70. The van der Waals surface area contributed by atoms with Gasteiger partial charge in [-0.05, 0) is 60.7 Å². The largest absolute Gasteiger partial charge is 0.497 e. The number of sulfonamides is 1. The zero-order valence-corrected chi connectivity index (χ0v) is 19.7. The lowest BCUT2D eigenvalue weighted by Gasteiger charge is -2.36. The molecule has 0 atom stereocenters. The molecule has 0 unspecified atom stereocenters. The van der Waals surface area contributed by atoms with Crippen LogP contribution >= 0.6 is 0 Å². The van der Waals surface area contributed by atoms with Crippen molar-refractivity contribution in [2.24, 2.45) is 0 Å². The number of benzene rings is 3. The lowest BCUT2D eigenvalue weighted by Crippen LogP contribution is -2.50. The number of para-hydroxylation sites is 1. The van der Waals surface area contributed by atoms with Gasteiger partial charge in [0.15, 0.2) is 6.61 Å². The van der Waals surface area contributed by atoms with E-state index in [1.165, 1.54) is 12.1 Å². The molecule has 1 heterocycles. The van der Waals surface area contributed by atoms with Crippen molar-refractivity contribution in [3.05, 3.63) is 78.9 Å². The van der Waals surface area contributed by atoms with Crippen LogP contribution in [0.5, 0.6) is 11.5 Å². The van der Waals surface area contributed by atoms with Crippen LogP contribution in [0.4, 0.5) is 11.4 Å². The summed E-state index contributed by atoms with van der Waals surface area (Å²) in [4.78, 5) is 16.7. The highest BCUT2D eigenvalue weighted by Crippen LogP contribution is 2.21. The fourth-order valence-electron chi connectivity index (χ4n) is 3.68. The number of nitrogens with zero attached hydrogens (tertiary/aromatic N) is 2. The number of rotatable bonds is 8. The third-order valence-corrected chi connectivity index (χ3v) is 6.99. The monoisotopic (exact) mass is 481 g/mol. The minimum absolute atomic E-state index is 0.0921. The van der Waals surface area contributed by atoms with Crippen LogP contribution in [0.1, 0.15) is 0 Å². The van der Waals surface area contributed by atoms with E-state index in [1.807, 2.05) is 18.2 Å². The Bertz CT molecular complexity index is 1190. The average Bonchev–Trinajstić information content (AvgIpc) is 2.88. The van der Waals surface area contributed by atoms with Crippen molar-refractivity contribution in [1.82, 2.24) is 4.90 Å². The number of hydrogen-bond acceptors (Lipinski definition) is 6. The normalized spacial score (nSPS) is 13.9. The Balaban J connectivity index is 1.27. The molecule has 0 aromatic heterocycles. The van der Waals surface area contributed by atoms with Crippen molar-refractivity contribution >= 4 is 27.3 Å². The molecule has 0 radical (unpaired) electrons. The topological polar surface area (TPSA) is 88.2 Å². The molecule has 1 aliphatic heterocycles. The van der Waals surface area contributed by atoms with Gasteiger partial charge in [-0.2, -0.15) is 0 Å². The minimum atomic E-state index is -3.75. The Kier molecular flexibility index (Phi) is 7.22. The van der Waals surface area contributed by atoms with E-state index in [-0.39, 0.29) is 17.4 Å². The highest BCUT2D eigenvalue weighted by atomic mass is 32.2. The molecule has 0 saturated carbocycles. The number of nitrogens with one attached hydrogen (secondary N) is 1. The first kappa shape index (κ1) is 23.4. The van der Waals surface area contributed by atoms with Gasteiger partial charge in [0.05, 0.1) is 12.0 Å². The van der Waals surface area contributed by atoms with Gasteiger partial charge >= 0.3 is 0 Å². The Hall–Kier alpha value is -3.72. The predicted octanol–water partition coefficient (Wildman–Crippen LogP) is 3.22. The Labute approximate surface area is 199 Å². The van der Waals surface area contributed by atoms with Gasteiger partial charge in [-0.25, -0.2) is 8.42 Å². The SMILES string of the molecule is COc1ccc(NS(=O)(=O)c2ccc(OCC(=O)N3CCN(c4ccccc4)CC3)cc2)cc1. The number of methoxy groups -OCH3 is 1. The molecular weight excluding hydrogens is 454 g/mol. The second kappa shape index (κ2) is 10.5. The molecule has 3 aromatic rings. The van der Waals surface area contributed by atoms with E-state index in [1.54, 1.807) is 48.4 Å². The fraction of sp³-hybridized carbons (Fsp3) is 0.240. The van der Waals surface area contributed by atoms with Crippen LogP contribution in [0, 0.1) is 0 Å². The summed E-state index contributed by atoms with van der Waals surface area (Å²) in [5.41, 5.74) is 1.58. The zero-order valence-electron chi connectivity index (χ0n) is 18.9. The van der Waals surface area contributed by atoms with Crippen molar-refractivity contribution in [1.29, 1.82) is 0 Å². The lowest BCUT2D eigenvalue weighted by molar-refractivity contribution is -0.133. The summed E-state index contributed by atoms with van der Waals surface area (Å²) < 4.78 is 38.5. The quantitative estimate of drug-likeness (QED) is 0.532. The molecular formula is C25H27N3O5S. The smallest absolute Gasteiger partial charge is 0.261 e. The second-order valence-corrected chi connectivity index (χ2v) is 9.48. The van der Waals surface area contributed by atoms with Crippen LogP contribution in [0.2, 0.25) is 0 Å². The molecule has 1 saturated heterocycles. The van der Waals surface area contributed by atoms with E-state index in [0.717, 1.165) is 18.8 Å². The molecule has 0 bridgehead atoms. The first-order valence-electron chi connectivity index (χ1n) is 10.9. The molecule has 4 rings (SSSR count). The van der Waals surface area contributed by atoms with Crippen LogP contribution in [-0.2, 0) is 14.8 Å². The molecule has 34 heavy (non-hydrogen) atoms. The number of piperazine rings is 1.